The Balaban J connectivity index is 1.75. The molecule has 132 valence electrons. The van der Waals surface area contributed by atoms with Crippen LogP contribution in [0.15, 0.2) is 42.5 Å². The summed E-state index contributed by atoms with van der Waals surface area (Å²) >= 11 is 0. The van der Waals surface area contributed by atoms with E-state index in [1.54, 1.807) is 24.3 Å². The highest BCUT2D eigenvalue weighted by atomic mass is 19.1. The van der Waals surface area contributed by atoms with Crippen molar-refractivity contribution in [3.8, 4) is 11.5 Å². The number of anilines is 1. The van der Waals surface area contributed by atoms with Crippen LogP contribution in [0.1, 0.15) is 0 Å². The lowest BCUT2D eigenvalue weighted by molar-refractivity contribution is -0.132. The largest absolute Gasteiger partial charge is 0.455 e. The van der Waals surface area contributed by atoms with E-state index in [2.05, 4.69) is 5.32 Å². The van der Waals surface area contributed by atoms with Gasteiger partial charge in [0.05, 0.1) is 12.3 Å². The van der Waals surface area contributed by atoms with Gasteiger partial charge >= 0.3 is 0 Å². The summed E-state index contributed by atoms with van der Waals surface area (Å²) in [5, 5.41) is 2.75. The molecule has 1 aliphatic rings. The molecule has 1 saturated heterocycles. The molecule has 0 aliphatic carbocycles. The van der Waals surface area contributed by atoms with Crippen LogP contribution in [0.25, 0.3) is 0 Å². The molecular weight excluding hydrogens is 330 g/mol. The van der Waals surface area contributed by atoms with Crippen molar-refractivity contribution in [1.29, 1.82) is 0 Å². The molecule has 0 saturated carbocycles. The minimum Gasteiger partial charge on any atom is -0.455 e. The smallest absolute Gasteiger partial charge is 0.254 e. The molecule has 1 amide bonds. The second kappa shape index (κ2) is 7.58. The fraction of sp³-hybridized carbons (Fsp3) is 0.278. The average Bonchev–Trinajstić information content (AvgIpc) is 2.55. The van der Waals surface area contributed by atoms with Crippen molar-refractivity contribution in [1.82, 2.24) is 4.90 Å². The van der Waals surface area contributed by atoms with Crippen LogP contribution in [-0.4, -0.2) is 43.7 Å². The molecule has 0 spiro atoms. The number of nitrogens with one attached hydrogen (secondary N) is 1. The fourth-order valence-electron chi connectivity index (χ4n) is 2.52. The lowest BCUT2D eigenvalue weighted by Gasteiger charge is -2.29. The van der Waals surface area contributed by atoms with Crippen molar-refractivity contribution < 1.29 is 23.0 Å². The van der Waals surface area contributed by atoms with E-state index in [0.717, 1.165) is 24.7 Å². The summed E-state index contributed by atoms with van der Waals surface area (Å²) in [6.45, 7) is 1.74. The van der Waals surface area contributed by atoms with E-state index in [9.17, 15) is 13.6 Å². The number of ether oxygens (including phenoxy) is 2. The number of likely N-dealkylation sites (N-methyl/N-ethyl adjacent to an activating group) is 1. The first-order valence-corrected chi connectivity index (χ1v) is 7.85. The van der Waals surface area contributed by atoms with Crippen LogP contribution < -0.4 is 10.1 Å². The van der Waals surface area contributed by atoms with Gasteiger partial charge in [-0.2, -0.15) is 0 Å². The minimum atomic E-state index is -0.741. The highest BCUT2D eigenvalue weighted by Crippen LogP contribution is 2.30. The number of morpholine rings is 1. The monoisotopic (exact) mass is 348 g/mol. The van der Waals surface area contributed by atoms with Crippen LogP contribution in [0.5, 0.6) is 11.5 Å². The van der Waals surface area contributed by atoms with Gasteiger partial charge in [-0.15, -0.1) is 0 Å². The summed E-state index contributed by atoms with van der Waals surface area (Å²) in [5.74, 6) is -1.49. The Bertz CT molecular complexity index is 749. The molecule has 0 aromatic heterocycles. The van der Waals surface area contributed by atoms with E-state index in [4.69, 9.17) is 9.47 Å². The van der Waals surface area contributed by atoms with E-state index in [-0.39, 0.29) is 17.4 Å². The Hall–Kier alpha value is -2.51. The van der Waals surface area contributed by atoms with E-state index < -0.39 is 17.7 Å². The van der Waals surface area contributed by atoms with Crippen LogP contribution in [0, 0.1) is 11.6 Å². The molecule has 0 radical (unpaired) electrons. The molecule has 2 aromatic rings. The maximum atomic E-state index is 13.3. The Morgan fingerprint density at radius 1 is 1.24 bits per heavy atom. The fourth-order valence-corrected chi connectivity index (χ4v) is 2.52. The number of carbonyl (C=O) groups is 1. The zero-order valence-electron chi connectivity index (χ0n) is 13.7. The number of hydrogen-bond donors (Lipinski definition) is 1. The number of hydrogen-bond acceptors (Lipinski definition) is 4. The second-order valence-electron chi connectivity index (χ2n) is 5.81. The number of rotatable bonds is 4. The highest BCUT2D eigenvalue weighted by Gasteiger charge is 2.25. The van der Waals surface area contributed by atoms with Gasteiger partial charge in [-0.3, -0.25) is 4.79 Å². The average molecular weight is 348 g/mol. The summed E-state index contributed by atoms with van der Waals surface area (Å²) in [6, 6.07) is 9.58. The normalized spacial score (nSPS) is 18.0. The van der Waals surface area contributed by atoms with Crippen LogP contribution in [0.3, 0.4) is 0 Å². The van der Waals surface area contributed by atoms with Gasteiger partial charge in [0, 0.05) is 31.3 Å². The summed E-state index contributed by atoms with van der Waals surface area (Å²) < 4.78 is 37.6. The number of halogens is 2. The Kier molecular flexibility index (Phi) is 5.25. The molecule has 1 aliphatic heterocycles. The van der Waals surface area contributed by atoms with Gasteiger partial charge in [-0.25, -0.2) is 8.78 Å². The first kappa shape index (κ1) is 17.3. The van der Waals surface area contributed by atoms with Gasteiger partial charge in [0.15, 0.2) is 5.75 Å². The molecule has 1 N–H and O–H groups in total. The molecule has 1 heterocycles. The van der Waals surface area contributed by atoms with E-state index in [1.165, 1.54) is 0 Å². The topological polar surface area (TPSA) is 50.8 Å². The lowest BCUT2D eigenvalue weighted by atomic mass is 10.2. The third-order valence-corrected chi connectivity index (χ3v) is 3.77. The predicted octanol–water partition coefficient (Wildman–Crippen LogP) is 3.03. The molecular formula is C18H18F2N2O3. The predicted molar refractivity (Wildman–Crippen MR) is 88.7 cm³/mol. The molecule has 1 atom stereocenters. The molecule has 5 nitrogen and oxygen atoms in total. The molecule has 2 aromatic carbocycles. The molecule has 25 heavy (non-hydrogen) atoms. The number of benzene rings is 2. The summed E-state index contributed by atoms with van der Waals surface area (Å²) in [6.07, 6.45) is -0.585. The first-order valence-electron chi connectivity index (χ1n) is 7.85. The zero-order valence-corrected chi connectivity index (χ0v) is 13.7. The second-order valence-corrected chi connectivity index (χ2v) is 5.81. The minimum absolute atomic E-state index is 0.00727. The van der Waals surface area contributed by atoms with Crippen LogP contribution >= 0.6 is 0 Å². The molecule has 3 rings (SSSR count). The Morgan fingerprint density at radius 2 is 1.96 bits per heavy atom. The van der Waals surface area contributed by atoms with Crippen molar-refractivity contribution in [3.05, 3.63) is 54.1 Å². The van der Waals surface area contributed by atoms with E-state index in [1.807, 2.05) is 11.9 Å². The van der Waals surface area contributed by atoms with Gasteiger partial charge in [0.25, 0.3) is 5.91 Å². The standard InChI is InChI=1S/C18H18F2N2O3/c1-22-6-7-24-17(11-22)18(23)21-15-4-2-3-5-16(15)25-14-9-12(19)8-13(20)10-14/h2-5,8-10,17H,6-7,11H2,1H3,(H,21,23)/t17-/m1/s1. The summed E-state index contributed by atoms with van der Waals surface area (Å²) in [7, 11) is 1.92. The third-order valence-electron chi connectivity index (χ3n) is 3.77. The Labute approximate surface area is 144 Å². The molecule has 1 fully saturated rings. The Morgan fingerprint density at radius 3 is 2.68 bits per heavy atom. The SMILES string of the molecule is CN1CCO[C@@H](C(=O)Nc2ccccc2Oc2cc(F)cc(F)c2)C1. The van der Waals surface area contributed by atoms with Crippen molar-refractivity contribution in [3.63, 3.8) is 0 Å². The number of carbonyl (C=O) groups excluding carboxylic acids is 1. The van der Waals surface area contributed by atoms with Crippen molar-refractivity contribution in [2.75, 3.05) is 32.1 Å². The number of amides is 1. The van der Waals surface area contributed by atoms with Gasteiger partial charge in [0.2, 0.25) is 0 Å². The van der Waals surface area contributed by atoms with Crippen molar-refractivity contribution >= 4 is 11.6 Å². The quantitative estimate of drug-likeness (QED) is 0.923. The van der Waals surface area contributed by atoms with Crippen LogP contribution in [0.2, 0.25) is 0 Å². The maximum absolute atomic E-state index is 13.3. The molecule has 0 unspecified atom stereocenters. The van der Waals surface area contributed by atoms with Gasteiger partial charge < -0.3 is 19.7 Å². The van der Waals surface area contributed by atoms with Crippen LogP contribution in [0.4, 0.5) is 14.5 Å². The van der Waals surface area contributed by atoms with Gasteiger partial charge in [0.1, 0.15) is 23.5 Å². The first-order chi connectivity index (χ1) is 12.0. The zero-order chi connectivity index (χ0) is 17.8. The lowest BCUT2D eigenvalue weighted by Crippen LogP contribution is -2.46. The summed E-state index contributed by atoms with van der Waals surface area (Å²) in [5.41, 5.74) is 0.397. The van der Waals surface area contributed by atoms with Crippen molar-refractivity contribution in [2.45, 2.75) is 6.10 Å². The van der Waals surface area contributed by atoms with E-state index in [0.29, 0.717) is 18.8 Å². The molecule has 0 bridgehead atoms. The number of para-hydroxylation sites is 2. The van der Waals surface area contributed by atoms with E-state index >= 15 is 0 Å². The van der Waals surface area contributed by atoms with Gasteiger partial charge in [-0.1, -0.05) is 12.1 Å². The number of nitrogens with zero attached hydrogens (tertiary/aromatic N) is 1. The summed E-state index contributed by atoms with van der Waals surface area (Å²) in [4.78, 5) is 14.4. The van der Waals surface area contributed by atoms with Crippen LogP contribution in [-0.2, 0) is 9.53 Å². The third kappa shape index (κ3) is 4.52. The maximum Gasteiger partial charge on any atom is 0.254 e. The van der Waals surface area contributed by atoms with Crippen molar-refractivity contribution in [2.24, 2.45) is 0 Å². The van der Waals surface area contributed by atoms with Gasteiger partial charge in [-0.05, 0) is 19.2 Å². The molecule has 7 heteroatoms. The highest BCUT2D eigenvalue weighted by molar-refractivity contribution is 5.95.